The number of aromatic nitrogens is 4. The highest BCUT2D eigenvalue weighted by molar-refractivity contribution is 7.15. The van der Waals surface area contributed by atoms with Crippen molar-refractivity contribution in [3.63, 3.8) is 0 Å². The summed E-state index contributed by atoms with van der Waals surface area (Å²) in [4.78, 5) is 3.91. The molecule has 0 fully saturated rings. The zero-order chi connectivity index (χ0) is 8.39. The minimum Gasteiger partial charge on any atom is -0.374 e. The minimum absolute atomic E-state index is 0.505. The van der Waals surface area contributed by atoms with E-state index in [4.69, 9.17) is 5.73 Å². The van der Waals surface area contributed by atoms with Crippen LogP contribution < -0.4 is 5.73 Å². The molecule has 2 rings (SSSR count). The molecule has 0 bridgehead atoms. The van der Waals surface area contributed by atoms with Crippen LogP contribution in [0.25, 0.3) is 0 Å². The first-order valence-corrected chi connectivity index (χ1v) is 4.20. The lowest BCUT2D eigenvalue weighted by atomic mass is 10.6. The van der Waals surface area contributed by atoms with E-state index in [1.807, 2.05) is 10.8 Å². The molecule has 0 unspecified atom stereocenters. The highest BCUT2D eigenvalue weighted by Gasteiger charge is 2.00. The Labute approximate surface area is 72.9 Å². The van der Waals surface area contributed by atoms with Gasteiger partial charge in [-0.05, 0) is 0 Å². The Kier molecular flexibility index (Phi) is 1.75. The van der Waals surface area contributed by atoms with Gasteiger partial charge in [0.2, 0.25) is 5.13 Å². The van der Waals surface area contributed by atoms with Crippen LogP contribution in [0.4, 0.5) is 5.13 Å². The zero-order valence-corrected chi connectivity index (χ0v) is 7.03. The number of hydrogen-bond acceptors (Lipinski definition) is 5. The molecule has 0 aliphatic heterocycles. The van der Waals surface area contributed by atoms with Gasteiger partial charge in [0.1, 0.15) is 5.01 Å². The number of rotatable bonds is 2. The highest BCUT2D eigenvalue weighted by Crippen LogP contribution is 2.11. The lowest BCUT2D eigenvalue weighted by molar-refractivity contribution is 0.777. The Morgan fingerprint density at radius 2 is 2.42 bits per heavy atom. The fraction of sp³-hybridized carbons (Fsp3) is 0.167. The molecule has 0 spiro atoms. The highest BCUT2D eigenvalue weighted by atomic mass is 32.1. The second kappa shape index (κ2) is 2.90. The van der Waals surface area contributed by atoms with Gasteiger partial charge < -0.3 is 10.3 Å². The maximum absolute atomic E-state index is 5.43. The summed E-state index contributed by atoms with van der Waals surface area (Å²) in [6, 6.07) is 0. The van der Waals surface area contributed by atoms with Gasteiger partial charge in [-0.3, -0.25) is 0 Å². The Balaban J connectivity index is 2.14. The summed E-state index contributed by atoms with van der Waals surface area (Å²) in [7, 11) is 0. The van der Waals surface area contributed by atoms with E-state index in [0.717, 1.165) is 5.01 Å². The van der Waals surface area contributed by atoms with Gasteiger partial charge in [0, 0.05) is 12.4 Å². The molecular formula is C6H7N5S. The van der Waals surface area contributed by atoms with E-state index < -0.39 is 0 Å². The molecule has 6 heteroatoms. The second-order valence-corrected chi connectivity index (χ2v) is 3.36. The van der Waals surface area contributed by atoms with Crippen molar-refractivity contribution in [2.75, 3.05) is 5.73 Å². The number of nitrogen functional groups attached to an aromatic ring is 1. The van der Waals surface area contributed by atoms with E-state index in [1.54, 1.807) is 12.5 Å². The fourth-order valence-electron chi connectivity index (χ4n) is 0.867. The van der Waals surface area contributed by atoms with Crippen molar-refractivity contribution in [3.8, 4) is 0 Å². The van der Waals surface area contributed by atoms with Gasteiger partial charge in [-0.2, -0.15) is 0 Å². The number of nitrogens with zero attached hydrogens (tertiary/aromatic N) is 4. The summed E-state index contributed by atoms with van der Waals surface area (Å²) in [5, 5.41) is 8.99. The molecule has 0 aromatic carbocycles. The predicted molar refractivity (Wildman–Crippen MR) is 45.7 cm³/mol. The quantitative estimate of drug-likeness (QED) is 0.726. The summed E-state index contributed by atoms with van der Waals surface area (Å²) in [6.07, 6.45) is 5.33. The van der Waals surface area contributed by atoms with Crippen molar-refractivity contribution in [1.82, 2.24) is 19.7 Å². The lowest BCUT2D eigenvalue weighted by Crippen LogP contribution is -1.95. The summed E-state index contributed by atoms with van der Waals surface area (Å²) in [5.74, 6) is 0. The topological polar surface area (TPSA) is 69.6 Å². The second-order valence-electron chi connectivity index (χ2n) is 2.27. The SMILES string of the molecule is Nc1nnc(Cn2ccnc2)s1. The van der Waals surface area contributed by atoms with Crippen LogP contribution in [0, 0.1) is 0 Å². The number of nitrogens with two attached hydrogens (primary N) is 1. The van der Waals surface area contributed by atoms with Gasteiger partial charge in [0.15, 0.2) is 0 Å². The van der Waals surface area contributed by atoms with Crippen LogP contribution in [0.15, 0.2) is 18.7 Å². The third-order valence-corrected chi connectivity index (χ3v) is 2.10. The van der Waals surface area contributed by atoms with Crippen molar-refractivity contribution in [3.05, 3.63) is 23.7 Å². The van der Waals surface area contributed by atoms with E-state index in [0.29, 0.717) is 11.7 Å². The molecule has 0 saturated carbocycles. The molecule has 0 saturated heterocycles. The largest absolute Gasteiger partial charge is 0.374 e. The maximum Gasteiger partial charge on any atom is 0.203 e. The monoisotopic (exact) mass is 181 g/mol. The maximum atomic E-state index is 5.43. The molecule has 0 atom stereocenters. The van der Waals surface area contributed by atoms with Gasteiger partial charge in [0.25, 0.3) is 0 Å². The van der Waals surface area contributed by atoms with Crippen LogP contribution in [0.1, 0.15) is 5.01 Å². The Hall–Kier alpha value is -1.43. The van der Waals surface area contributed by atoms with E-state index in [9.17, 15) is 0 Å². The summed E-state index contributed by atoms with van der Waals surface area (Å²) in [6.45, 7) is 0.689. The first kappa shape index (κ1) is 7.23. The van der Waals surface area contributed by atoms with Crippen LogP contribution in [-0.4, -0.2) is 19.7 Å². The first-order valence-electron chi connectivity index (χ1n) is 3.38. The van der Waals surface area contributed by atoms with E-state index in [-0.39, 0.29) is 0 Å². The molecule has 2 N–H and O–H groups in total. The smallest absolute Gasteiger partial charge is 0.203 e. The molecule has 2 heterocycles. The van der Waals surface area contributed by atoms with Crippen molar-refractivity contribution in [1.29, 1.82) is 0 Å². The molecule has 12 heavy (non-hydrogen) atoms. The predicted octanol–water partition coefficient (Wildman–Crippen LogP) is 0.365. The molecule has 62 valence electrons. The van der Waals surface area contributed by atoms with Crippen LogP contribution in [-0.2, 0) is 6.54 Å². The van der Waals surface area contributed by atoms with Crippen molar-refractivity contribution < 1.29 is 0 Å². The molecule has 0 amide bonds. The average Bonchev–Trinajstić information content (AvgIpc) is 2.63. The first-order chi connectivity index (χ1) is 5.84. The zero-order valence-electron chi connectivity index (χ0n) is 6.21. The molecule has 0 aliphatic carbocycles. The van der Waals surface area contributed by atoms with Crippen molar-refractivity contribution >= 4 is 16.5 Å². The van der Waals surface area contributed by atoms with E-state index >= 15 is 0 Å². The van der Waals surface area contributed by atoms with Gasteiger partial charge in [0.05, 0.1) is 12.9 Å². The van der Waals surface area contributed by atoms with Crippen LogP contribution in [0.2, 0.25) is 0 Å². The number of hydrogen-bond donors (Lipinski definition) is 1. The lowest BCUT2D eigenvalue weighted by Gasteiger charge is -1.93. The summed E-state index contributed by atoms with van der Waals surface area (Å²) < 4.78 is 1.92. The van der Waals surface area contributed by atoms with Gasteiger partial charge >= 0.3 is 0 Å². The van der Waals surface area contributed by atoms with Crippen molar-refractivity contribution in [2.45, 2.75) is 6.54 Å². The third kappa shape index (κ3) is 1.42. The van der Waals surface area contributed by atoms with Crippen LogP contribution in [0.3, 0.4) is 0 Å². The normalized spacial score (nSPS) is 10.3. The number of imidazole rings is 1. The third-order valence-electron chi connectivity index (χ3n) is 1.36. The van der Waals surface area contributed by atoms with Gasteiger partial charge in [-0.25, -0.2) is 4.98 Å². The van der Waals surface area contributed by atoms with Crippen LogP contribution >= 0.6 is 11.3 Å². The molecule has 2 aromatic heterocycles. The van der Waals surface area contributed by atoms with E-state index in [2.05, 4.69) is 15.2 Å². The Morgan fingerprint density at radius 1 is 1.50 bits per heavy atom. The van der Waals surface area contributed by atoms with Gasteiger partial charge in [-0.15, -0.1) is 10.2 Å². The summed E-state index contributed by atoms with van der Waals surface area (Å²) in [5.41, 5.74) is 5.43. The molecule has 5 nitrogen and oxygen atoms in total. The summed E-state index contributed by atoms with van der Waals surface area (Å²) >= 11 is 1.39. The molecule has 0 aliphatic rings. The standard InChI is InChI=1S/C6H7N5S/c7-6-10-9-5(12-6)3-11-2-1-8-4-11/h1-2,4H,3H2,(H2,7,10). The van der Waals surface area contributed by atoms with Crippen molar-refractivity contribution in [2.24, 2.45) is 0 Å². The molecule has 2 aromatic rings. The fourth-order valence-corrected chi connectivity index (χ4v) is 1.49. The Bertz CT molecular complexity index is 352. The van der Waals surface area contributed by atoms with Crippen LogP contribution in [0.5, 0.6) is 0 Å². The molecule has 0 radical (unpaired) electrons. The minimum atomic E-state index is 0.505. The van der Waals surface area contributed by atoms with E-state index in [1.165, 1.54) is 11.3 Å². The molecular weight excluding hydrogens is 174 g/mol. The average molecular weight is 181 g/mol. The number of anilines is 1. The Morgan fingerprint density at radius 3 is 3.00 bits per heavy atom. The van der Waals surface area contributed by atoms with Gasteiger partial charge in [-0.1, -0.05) is 11.3 Å².